The summed E-state index contributed by atoms with van der Waals surface area (Å²) in [5.74, 6) is 1.75. The van der Waals surface area contributed by atoms with Crippen LogP contribution in [0.25, 0.3) is 0 Å². The zero-order valence-electron chi connectivity index (χ0n) is 12.5. The van der Waals surface area contributed by atoms with E-state index in [0.717, 1.165) is 46.6 Å². The van der Waals surface area contributed by atoms with E-state index in [9.17, 15) is 0 Å². The molecular weight excluding hydrogens is 286 g/mol. The van der Waals surface area contributed by atoms with Crippen molar-refractivity contribution in [3.05, 3.63) is 28.8 Å². The van der Waals surface area contributed by atoms with Crippen molar-refractivity contribution in [1.82, 2.24) is 10.2 Å². The van der Waals surface area contributed by atoms with Gasteiger partial charge >= 0.3 is 0 Å². The number of ether oxygens (including phenoxy) is 2. The molecule has 1 fully saturated rings. The number of hydrogen-bond acceptors (Lipinski definition) is 6. The monoisotopic (exact) mass is 305 g/mol. The van der Waals surface area contributed by atoms with Crippen molar-refractivity contribution in [2.45, 2.75) is 25.8 Å². The van der Waals surface area contributed by atoms with Gasteiger partial charge in [-0.05, 0) is 38.0 Å². The van der Waals surface area contributed by atoms with Gasteiger partial charge in [-0.15, -0.1) is 10.2 Å². The van der Waals surface area contributed by atoms with Crippen LogP contribution in [0.3, 0.4) is 0 Å². The van der Waals surface area contributed by atoms with Crippen molar-refractivity contribution < 1.29 is 9.47 Å². The third-order valence-corrected chi connectivity index (χ3v) is 4.69. The second-order valence-corrected chi connectivity index (χ2v) is 6.22. The fourth-order valence-electron chi connectivity index (χ4n) is 2.82. The number of aryl methyl sites for hydroxylation is 1. The Balaban J connectivity index is 1.98. The maximum absolute atomic E-state index is 5.53. The molecule has 112 valence electrons. The molecule has 21 heavy (non-hydrogen) atoms. The van der Waals surface area contributed by atoms with E-state index < -0.39 is 0 Å². The van der Waals surface area contributed by atoms with E-state index >= 15 is 0 Å². The van der Waals surface area contributed by atoms with Crippen LogP contribution in [0.4, 0.5) is 5.13 Å². The highest BCUT2D eigenvalue weighted by Gasteiger charge is 2.30. The van der Waals surface area contributed by atoms with Gasteiger partial charge in [0.15, 0.2) is 0 Å². The zero-order chi connectivity index (χ0) is 14.8. The van der Waals surface area contributed by atoms with Crippen LogP contribution in [0.2, 0.25) is 0 Å². The molecule has 1 aromatic heterocycles. The summed E-state index contributed by atoms with van der Waals surface area (Å²) in [6, 6.07) is 6.23. The molecule has 5 nitrogen and oxygen atoms in total. The minimum absolute atomic E-state index is 0.266. The molecule has 0 saturated carbocycles. The zero-order valence-corrected chi connectivity index (χ0v) is 13.3. The lowest BCUT2D eigenvalue weighted by atomic mass is 10.0. The van der Waals surface area contributed by atoms with E-state index in [1.165, 1.54) is 0 Å². The van der Waals surface area contributed by atoms with Crippen LogP contribution in [-0.4, -0.2) is 31.0 Å². The number of aromatic nitrogens is 2. The van der Waals surface area contributed by atoms with Crippen LogP contribution in [0.5, 0.6) is 11.5 Å². The highest BCUT2D eigenvalue weighted by molar-refractivity contribution is 7.15. The number of benzene rings is 1. The predicted octanol–water partition coefficient (Wildman–Crippen LogP) is 3.21. The molecule has 1 aromatic carbocycles. The molecule has 0 aliphatic carbocycles. The van der Waals surface area contributed by atoms with E-state index in [1.54, 1.807) is 25.6 Å². The lowest BCUT2D eigenvalue weighted by Crippen LogP contribution is -2.22. The molecule has 0 N–H and O–H groups in total. The number of hydrogen-bond donors (Lipinski definition) is 0. The quantitative estimate of drug-likeness (QED) is 0.868. The van der Waals surface area contributed by atoms with Gasteiger partial charge in [0.2, 0.25) is 5.13 Å². The summed E-state index contributed by atoms with van der Waals surface area (Å²) in [6.07, 6.45) is 2.23. The maximum Gasteiger partial charge on any atom is 0.208 e. The molecule has 1 aliphatic heterocycles. The van der Waals surface area contributed by atoms with E-state index in [2.05, 4.69) is 21.2 Å². The fourth-order valence-corrected chi connectivity index (χ4v) is 3.58. The molecule has 6 heteroatoms. The lowest BCUT2D eigenvalue weighted by molar-refractivity contribution is 0.395. The van der Waals surface area contributed by atoms with Gasteiger partial charge in [-0.2, -0.15) is 0 Å². The molecule has 0 bridgehead atoms. The van der Waals surface area contributed by atoms with Crippen molar-refractivity contribution >= 4 is 16.5 Å². The van der Waals surface area contributed by atoms with E-state index in [0.29, 0.717) is 0 Å². The van der Waals surface area contributed by atoms with Crippen molar-refractivity contribution in [1.29, 1.82) is 0 Å². The van der Waals surface area contributed by atoms with Crippen LogP contribution in [0.15, 0.2) is 18.2 Å². The summed E-state index contributed by atoms with van der Waals surface area (Å²) < 4.78 is 10.9. The number of anilines is 1. The molecule has 0 amide bonds. The SMILES string of the molecule is COc1ccc(OC)c([C@@H]2CCCN2c2nnc(C)s2)c1. The van der Waals surface area contributed by atoms with Crippen LogP contribution < -0.4 is 14.4 Å². The van der Waals surface area contributed by atoms with Crippen molar-refractivity contribution in [2.75, 3.05) is 25.7 Å². The number of nitrogens with zero attached hydrogens (tertiary/aromatic N) is 3. The summed E-state index contributed by atoms with van der Waals surface area (Å²) in [4.78, 5) is 2.32. The van der Waals surface area contributed by atoms with E-state index in [-0.39, 0.29) is 6.04 Å². The van der Waals surface area contributed by atoms with Gasteiger partial charge in [0.25, 0.3) is 0 Å². The molecule has 0 spiro atoms. The van der Waals surface area contributed by atoms with Gasteiger partial charge in [-0.1, -0.05) is 11.3 Å². The van der Waals surface area contributed by atoms with Gasteiger partial charge in [0, 0.05) is 12.1 Å². The molecule has 2 heterocycles. The first-order chi connectivity index (χ1) is 10.2. The summed E-state index contributed by atoms with van der Waals surface area (Å²) in [5.41, 5.74) is 1.15. The van der Waals surface area contributed by atoms with Gasteiger partial charge in [0.05, 0.1) is 20.3 Å². The van der Waals surface area contributed by atoms with Gasteiger partial charge < -0.3 is 14.4 Å². The van der Waals surface area contributed by atoms with E-state index in [1.807, 2.05) is 19.1 Å². The van der Waals surface area contributed by atoms with Crippen LogP contribution in [0.1, 0.15) is 29.5 Å². The molecule has 0 unspecified atom stereocenters. The van der Waals surface area contributed by atoms with Crippen LogP contribution in [-0.2, 0) is 0 Å². The third kappa shape index (κ3) is 2.68. The van der Waals surface area contributed by atoms with Gasteiger partial charge in [-0.3, -0.25) is 0 Å². The Morgan fingerprint density at radius 1 is 1.24 bits per heavy atom. The van der Waals surface area contributed by atoms with Crippen LogP contribution in [0, 0.1) is 6.92 Å². The van der Waals surface area contributed by atoms with Gasteiger partial charge in [0.1, 0.15) is 16.5 Å². The predicted molar refractivity (Wildman–Crippen MR) is 83.5 cm³/mol. The fraction of sp³-hybridized carbons (Fsp3) is 0.467. The summed E-state index contributed by atoms with van der Waals surface area (Å²) in [7, 11) is 3.39. The standard InChI is InChI=1S/C15H19N3O2S/c1-10-16-17-15(21-10)18-8-4-5-13(18)12-9-11(19-2)6-7-14(12)20-3/h6-7,9,13H,4-5,8H2,1-3H3/t13-/m0/s1. The average molecular weight is 305 g/mol. The molecule has 1 aliphatic rings. The first-order valence-electron chi connectivity index (χ1n) is 7.01. The minimum Gasteiger partial charge on any atom is -0.497 e. The lowest BCUT2D eigenvalue weighted by Gasteiger charge is -2.25. The number of methoxy groups -OCH3 is 2. The maximum atomic E-state index is 5.53. The normalized spacial score (nSPS) is 18.0. The molecule has 3 rings (SSSR count). The molecule has 1 saturated heterocycles. The first kappa shape index (κ1) is 14.1. The topological polar surface area (TPSA) is 47.5 Å². The molecular formula is C15H19N3O2S. The van der Waals surface area contributed by atoms with Crippen molar-refractivity contribution in [3.63, 3.8) is 0 Å². The summed E-state index contributed by atoms with van der Waals surface area (Å²) >= 11 is 1.64. The Kier molecular flexibility index (Phi) is 3.96. The Morgan fingerprint density at radius 3 is 2.76 bits per heavy atom. The Labute approximate surface area is 128 Å². The van der Waals surface area contributed by atoms with Crippen molar-refractivity contribution in [2.24, 2.45) is 0 Å². The molecule has 2 aromatic rings. The van der Waals surface area contributed by atoms with Crippen LogP contribution >= 0.6 is 11.3 Å². The summed E-state index contributed by atoms with van der Waals surface area (Å²) in [5, 5.41) is 10.4. The summed E-state index contributed by atoms with van der Waals surface area (Å²) in [6.45, 7) is 2.98. The molecule has 1 atom stereocenters. The largest absolute Gasteiger partial charge is 0.497 e. The molecule has 0 radical (unpaired) electrons. The average Bonchev–Trinajstić information content (AvgIpc) is 3.14. The second kappa shape index (κ2) is 5.89. The number of rotatable bonds is 4. The first-order valence-corrected chi connectivity index (χ1v) is 7.83. The smallest absolute Gasteiger partial charge is 0.208 e. The van der Waals surface area contributed by atoms with E-state index in [4.69, 9.17) is 9.47 Å². The minimum atomic E-state index is 0.266. The third-order valence-electron chi connectivity index (χ3n) is 3.81. The Bertz CT molecular complexity index is 629. The second-order valence-electron chi connectivity index (χ2n) is 5.06. The van der Waals surface area contributed by atoms with Gasteiger partial charge in [-0.25, -0.2) is 0 Å². The Hall–Kier alpha value is -1.82. The highest BCUT2D eigenvalue weighted by Crippen LogP contribution is 2.41. The van der Waals surface area contributed by atoms with Crippen molar-refractivity contribution in [3.8, 4) is 11.5 Å². The Morgan fingerprint density at radius 2 is 2.10 bits per heavy atom. The highest BCUT2D eigenvalue weighted by atomic mass is 32.1.